The van der Waals surface area contributed by atoms with Crippen LogP contribution in [-0.4, -0.2) is 58.5 Å². The van der Waals surface area contributed by atoms with Gasteiger partial charge >= 0.3 is 0 Å². The van der Waals surface area contributed by atoms with E-state index in [0.717, 1.165) is 44.1 Å². The van der Waals surface area contributed by atoms with E-state index < -0.39 is 0 Å². The number of thiazole rings is 1. The number of carbonyl (C=O) groups excluding carboxylic acids is 1. The highest BCUT2D eigenvalue weighted by Crippen LogP contribution is 2.28. The van der Waals surface area contributed by atoms with Crippen LogP contribution in [0.3, 0.4) is 0 Å². The molecule has 10 heteroatoms. The fourth-order valence-electron chi connectivity index (χ4n) is 3.58. The van der Waals surface area contributed by atoms with E-state index >= 15 is 0 Å². The molecular formula is C22H26ClN7OS. The molecule has 1 aliphatic heterocycles. The van der Waals surface area contributed by atoms with E-state index in [9.17, 15) is 4.79 Å². The van der Waals surface area contributed by atoms with Crippen molar-refractivity contribution < 1.29 is 4.79 Å². The summed E-state index contributed by atoms with van der Waals surface area (Å²) in [5.74, 6) is 2.00. The second-order valence-corrected chi connectivity index (χ2v) is 9.06. The van der Waals surface area contributed by atoms with Crippen molar-refractivity contribution in [2.75, 3.05) is 48.3 Å². The molecule has 0 radical (unpaired) electrons. The molecule has 0 atom stereocenters. The maximum Gasteiger partial charge on any atom is 0.267 e. The smallest absolute Gasteiger partial charge is 0.267 e. The van der Waals surface area contributed by atoms with Gasteiger partial charge in [-0.05, 0) is 32.0 Å². The molecule has 168 valence electrons. The highest BCUT2D eigenvalue weighted by atomic mass is 35.5. The fourth-order valence-corrected chi connectivity index (χ4v) is 4.57. The molecule has 1 amide bonds. The van der Waals surface area contributed by atoms with Gasteiger partial charge in [0.05, 0.1) is 16.9 Å². The number of benzene rings is 1. The predicted molar refractivity (Wildman–Crippen MR) is 131 cm³/mol. The molecule has 0 aliphatic carbocycles. The normalized spacial score (nSPS) is 14.4. The van der Waals surface area contributed by atoms with Crippen LogP contribution in [-0.2, 0) is 0 Å². The molecule has 8 nitrogen and oxygen atoms in total. The van der Waals surface area contributed by atoms with Crippen LogP contribution in [0.5, 0.6) is 0 Å². The van der Waals surface area contributed by atoms with Crippen LogP contribution in [0.15, 0.2) is 30.5 Å². The first-order valence-corrected chi connectivity index (χ1v) is 11.7. The Morgan fingerprint density at radius 1 is 1.19 bits per heavy atom. The number of nitrogens with zero attached hydrogens (tertiary/aromatic N) is 5. The zero-order valence-electron chi connectivity index (χ0n) is 18.4. The van der Waals surface area contributed by atoms with Crippen molar-refractivity contribution in [3.8, 4) is 0 Å². The fraction of sp³-hybridized carbons (Fsp3) is 0.364. The van der Waals surface area contributed by atoms with Crippen LogP contribution >= 0.6 is 22.9 Å². The maximum absolute atomic E-state index is 12.7. The standard InChI is InChI=1S/C22H26ClN7OS/c1-4-29-8-10-30(11-9-29)19-12-18(25-15(3)26-19)27-22-24-13-17(32-22)21(31)28-20-14(2)6-5-7-16(20)23/h5-7,12-13H,4,8-11H2,1-3H3,(H,28,31)(H,24,25,26,27). The molecule has 2 N–H and O–H groups in total. The number of aromatic nitrogens is 3. The van der Waals surface area contributed by atoms with Gasteiger partial charge in [0.25, 0.3) is 5.91 Å². The zero-order chi connectivity index (χ0) is 22.7. The van der Waals surface area contributed by atoms with Crippen LogP contribution < -0.4 is 15.5 Å². The molecule has 0 spiro atoms. The Morgan fingerprint density at radius 2 is 1.97 bits per heavy atom. The van der Waals surface area contributed by atoms with E-state index in [4.69, 9.17) is 11.6 Å². The zero-order valence-corrected chi connectivity index (χ0v) is 19.9. The summed E-state index contributed by atoms with van der Waals surface area (Å²) in [5.41, 5.74) is 1.51. The number of piperazine rings is 1. The summed E-state index contributed by atoms with van der Waals surface area (Å²) >= 11 is 7.48. The van der Waals surface area contributed by atoms with Gasteiger partial charge in [0, 0.05) is 32.2 Å². The quantitative estimate of drug-likeness (QED) is 0.553. The van der Waals surface area contributed by atoms with Gasteiger partial charge in [-0.2, -0.15) is 0 Å². The second-order valence-electron chi connectivity index (χ2n) is 7.62. The van der Waals surface area contributed by atoms with Crippen molar-refractivity contribution in [3.05, 3.63) is 51.7 Å². The average molecular weight is 472 g/mol. The number of hydrogen-bond acceptors (Lipinski definition) is 8. The third-order valence-electron chi connectivity index (χ3n) is 5.39. The Labute approximate surface area is 196 Å². The lowest BCUT2D eigenvalue weighted by molar-refractivity contribution is 0.103. The summed E-state index contributed by atoms with van der Waals surface area (Å²) in [4.78, 5) is 31.3. The summed E-state index contributed by atoms with van der Waals surface area (Å²) < 4.78 is 0. The molecule has 0 bridgehead atoms. The Kier molecular flexibility index (Phi) is 6.88. The topological polar surface area (TPSA) is 86.3 Å². The van der Waals surface area contributed by atoms with Gasteiger partial charge in [0.1, 0.15) is 22.3 Å². The van der Waals surface area contributed by atoms with Crippen molar-refractivity contribution >= 4 is 51.3 Å². The molecule has 32 heavy (non-hydrogen) atoms. The third-order valence-corrected chi connectivity index (χ3v) is 6.62. The van der Waals surface area contributed by atoms with Crippen molar-refractivity contribution in [1.29, 1.82) is 0 Å². The van der Waals surface area contributed by atoms with Gasteiger partial charge in [-0.1, -0.05) is 42.0 Å². The highest BCUT2D eigenvalue weighted by Gasteiger charge is 2.19. The number of anilines is 4. The minimum Gasteiger partial charge on any atom is -0.354 e. The van der Waals surface area contributed by atoms with E-state index in [1.165, 1.54) is 11.3 Å². The lowest BCUT2D eigenvalue weighted by atomic mass is 10.2. The first kappa shape index (κ1) is 22.4. The Balaban J connectivity index is 1.45. The third kappa shape index (κ3) is 5.17. The molecule has 1 aromatic carbocycles. The molecule has 4 rings (SSSR count). The highest BCUT2D eigenvalue weighted by molar-refractivity contribution is 7.17. The van der Waals surface area contributed by atoms with Crippen LogP contribution in [0.1, 0.15) is 28.0 Å². The molecule has 1 saturated heterocycles. The predicted octanol–water partition coefficient (Wildman–Crippen LogP) is 4.34. The van der Waals surface area contributed by atoms with Gasteiger partial charge in [-0.15, -0.1) is 0 Å². The Morgan fingerprint density at radius 3 is 2.69 bits per heavy atom. The summed E-state index contributed by atoms with van der Waals surface area (Å²) in [5, 5.41) is 7.19. The van der Waals surface area contributed by atoms with E-state index in [2.05, 4.69) is 42.3 Å². The molecular weight excluding hydrogens is 446 g/mol. The van der Waals surface area contributed by atoms with Crippen LogP contribution in [0, 0.1) is 13.8 Å². The summed E-state index contributed by atoms with van der Waals surface area (Å²) in [7, 11) is 0. The van der Waals surface area contributed by atoms with Gasteiger partial charge < -0.3 is 20.4 Å². The summed E-state index contributed by atoms with van der Waals surface area (Å²) in [6, 6.07) is 7.44. The Hall–Kier alpha value is -2.75. The largest absolute Gasteiger partial charge is 0.354 e. The van der Waals surface area contributed by atoms with E-state index in [-0.39, 0.29) is 5.91 Å². The molecule has 1 aliphatic rings. The van der Waals surface area contributed by atoms with E-state index in [0.29, 0.717) is 32.4 Å². The van der Waals surface area contributed by atoms with Gasteiger partial charge in [-0.3, -0.25) is 4.79 Å². The van der Waals surface area contributed by atoms with Crippen molar-refractivity contribution in [1.82, 2.24) is 19.9 Å². The maximum atomic E-state index is 12.7. The number of rotatable bonds is 6. The molecule has 3 aromatic rings. The lowest BCUT2D eigenvalue weighted by Crippen LogP contribution is -2.46. The van der Waals surface area contributed by atoms with Gasteiger partial charge in [0.15, 0.2) is 5.13 Å². The van der Waals surface area contributed by atoms with E-state index in [1.807, 2.05) is 32.0 Å². The van der Waals surface area contributed by atoms with E-state index in [1.54, 1.807) is 12.3 Å². The van der Waals surface area contributed by atoms with Crippen LogP contribution in [0.4, 0.5) is 22.5 Å². The first-order valence-electron chi connectivity index (χ1n) is 10.5. The number of carbonyl (C=O) groups is 1. The number of halogens is 1. The molecule has 3 heterocycles. The van der Waals surface area contributed by atoms with Gasteiger partial charge in [0.2, 0.25) is 0 Å². The second kappa shape index (κ2) is 9.81. The average Bonchev–Trinajstić information content (AvgIpc) is 3.24. The van der Waals surface area contributed by atoms with Gasteiger partial charge in [-0.25, -0.2) is 15.0 Å². The number of likely N-dealkylation sites (N-methyl/N-ethyl adjacent to an activating group) is 1. The number of hydrogen-bond donors (Lipinski definition) is 2. The minimum absolute atomic E-state index is 0.250. The number of para-hydroxylation sites is 1. The number of nitrogens with one attached hydrogen (secondary N) is 2. The molecule has 0 saturated carbocycles. The molecule has 2 aromatic heterocycles. The minimum atomic E-state index is -0.250. The Bertz CT molecular complexity index is 1090. The monoisotopic (exact) mass is 471 g/mol. The number of aryl methyl sites for hydroxylation is 2. The molecule has 1 fully saturated rings. The van der Waals surface area contributed by atoms with Crippen molar-refractivity contribution in [3.63, 3.8) is 0 Å². The van der Waals surface area contributed by atoms with Crippen molar-refractivity contribution in [2.45, 2.75) is 20.8 Å². The number of amides is 1. The summed E-state index contributed by atoms with van der Waals surface area (Å²) in [6.45, 7) is 11.0. The first-order chi connectivity index (χ1) is 15.4. The van der Waals surface area contributed by atoms with Crippen LogP contribution in [0.25, 0.3) is 0 Å². The van der Waals surface area contributed by atoms with Crippen LogP contribution in [0.2, 0.25) is 5.02 Å². The lowest BCUT2D eigenvalue weighted by Gasteiger charge is -2.34. The van der Waals surface area contributed by atoms with Crippen molar-refractivity contribution in [2.24, 2.45) is 0 Å². The summed E-state index contributed by atoms with van der Waals surface area (Å²) in [6.07, 6.45) is 1.55. The molecule has 0 unspecified atom stereocenters. The SMILES string of the molecule is CCN1CCN(c2cc(Nc3ncc(C(=O)Nc4c(C)cccc4Cl)s3)nc(C)n2)CC1.